The first-order valence-corrected chi connectivity index (χ1v) is 11.6. The van der Waals surface area contributed by atoms with E-state index in [0.29, 0.717) is 28.1 Å². The molecular formula is C26H22N8O4. The van der Waals surface area contributed by atoms with Crippen LogP contribution < -0.4 is 10.9 Å². The van der Waals surface area contributed by atoms with E-state index in [-0.39, 0.29) is 11.6 Å². The molecule has 5 rings (SSSR count). The fraction of sp³-hybridized carbons (Fsp3) is 0.115. The monoisotopic (exact) mass is 510 g/mol. The fourth-order valence-electron chi connectivity index (χ4n) is 3.85. The molecule has 0 saturated heterocycles. The number of aryl methyl sites for hydroxylation is 3. The summed E-state index contributed by atoms with van der Waals surface area (Å²) in [5, 5.41) is 22.6. The van der Waals surface area contributed by atoms with Gasteiger partial charge in [0.1, 0.15) is 11.2 Å². The third-order valence-electron chi connectivity index (χ3n) is 5.98. The van der Waals surface area contributed by atoms with Gasteiger partial charge >= 0.3 is 0 Å². The van der Waals surface area contributed by atoms with Gasteiger partial charge in [-0.05, 0) is 67.8 Å². The third-order valence-corrected chi connectivity index (χ3v) is 5.98. The van der Waals surface area contributed by atoms with Gasteiger partial charge < -0.3 is 5.32 Å². The maximum atomic E-state index is 12.9. The van der Waals surface area contributed by atoms with Crippen molar-refractivity contribution >= 4 is 34.5 Å². The zero-order chi connectivity index (χ0) is 27.0. The Balaban J connectivity index is 1.46. The molecule has 2 N–H and O–H groups in total. The third kappa shape index (κ3) is 4.69. The van der Waals surface area contributed by atoms with Gasteiger partial charge in [-0.2, -0.15) is 19.9 Å². The van der Waals surface area contributed by atoms with Crippen LogP contribution in [0.4, 0.5) is 11.5 Å². The highest BCUT2D eigenvalue weighted by molar-refractivity contribution is 6.01. The summed E-state index contributed by atoms with van der Waals surface area (Å²) in [6.07, 6.45) is 4.28. The Bertz CT molecular complexity index is 1790. The Labute approximate surface area is 215 Å². The summed E-state index contributed by atoms with van der Waals surface area (Å²) in [5.41, 5.74) is 4.07. The number of carbonyl (C=O) groups excluding carboxylic acids is 1. The van der Waals surface area contributed by atoms with Gasteiger partial charge in [-0.3, -0.25) is 24.7 Å². The van der Waals surface area contributed by atoms with E-state index in [4.69, 9.17) is 0 Å². The predicted molar refractivity (Wildman–Crippen MR) is 142 cm³/mol. The predicted octanol–water partition coefficient (Wildman–Crippen LogP) is 3.78. The average Bonchev–Trinajstić information content (AvgIpc) is 3.48. The number of nitro groups is 1. The van der Waals surface area contributed by atoms with Gasteiger partial charge in [-0.1, -0.05) is 6.07 Å². The van der Waals surface area contributed by atoms with E-state index in [1.165, 1.54) is 35.2 Å². The number of amides is 1. The second-order valence-electron chi connectivity index (χ2n) is 8.71. The number of nitrogens with zero attached hydrogens (tertiary/aromatic N) is 6. The second-order valence-corrected chi connectivity index (χ2v) is 8.71. The molecule has 0 radical (unpaired) electrons. The number of fused-ring (bicyclic) bond motifs is 1. The molecule has 0 unspecified atom stereocenters. The maximum Gasteiger partial charge on any atom is 0.269 e. The molecule has 3 heterocycles. The Kier molecular flexibility index (Phi) is 6.13. The van der Waals surface area contributed by atoms with Crippen LogP contribution in [0.1, 0.15) is 22.4 Å². The lowest BCUT2D eigenvalue weighted by Crippen LogP contribution is -2.18. The van der Waals surface area contributed by atoms with Crippen LogP contribution in [0.2, 0.25) is 0 Å². The fourth-order valence-corrected chi connectivity index (χ4v) is 3.85. The number of benzene rings is 2. The minimum Gasteiger partial charge on any atom is -0.307 e. The van der Waals surface area contributed by atoms with Crippen LogP contribution in [-0.2, 0) is 4.79 Å². The molecule has 0 fully saturated rings. The molecule has 0 spiro atoms. The van der Waals surface area contributed by atoms with Gasteiger partial charge in [-0.15, -0.1) is 0 Å². The summed E-state index contributed by atoms with van der Waals surface area (Å²) < 4.78 is 2.92. The van der Waals surface area contributed by atoms with Crippen molar-refractivity contribution in [2.24, 2.45) is 0 Å². The van der Waals surface area contributed by atoms with Crippen LogP contribution in [0, 0.1) is 30.9 Å². The average molecular weight is 511 g/mol. The van der Waals surface area contributed by atoms with E-state index >= 15 is 0 Å². The number of anilines is 1. The van der Waals surface area contributed by atoms with Crippen molar-refractivity contribution in [2.75, 3.05) is 5.32 Å². The van der Waals surface area contributed by atoms with Crippen molar-refractivity contribution in [3.8, 4) is 11.6 Å². The highest BCUT2D eigenvalue weighted by Crippen LogP contribution is 2.20. The topological polar surface area (TPSA) is 154 Å². The van der Waals surface area contributed by atoms with Gasteiger partial charge in [-0.25, -0.2) is 4.68 Å². The summed E-state index contributed by atoms with van der Waals surface area (Å²) in [4.78, 5) is 43.1. The number of aromatic amines is 1. The number of aromatic nitrogens is 6. The first kappa shape index (κ1) is 24.3. The second kappa shape index (κ2) is 9.58. The van der Waals surface area contributed by atoms with Crippen molar-refractivity contribution < 1.29 is 9.72 Å². The molecule has 0 atom stereocenters. The van der Waals surface area contributed by atoms with Gasteiger partial charge in [0.2, 0.25) is 11.9 Å². The van der Waals surface area contributed by atoms with Gasteiger partial charge in [0.05, 0.1) is 22.5 Å². The number of carbonyl (C=O) groups is 1. The number of H-pyrrole nitrogens is 1. The molecule has 38 heavy (non-hydrogen) atoms. The summed E-state index contributed by atoms with van der Waals surface area (Å²) in [6.45, 7) is 5.75. The normalized spacial score (nSPS) is 11.3. The summed E-state index contributed by atoms with van der Waals surface area (Å²) >= 11 is 0. The van der Waals surface area contributed by atoms with Crippen molar-refractivity contribution in [2.45, 2.75) is 20.8 Å². The molecule has 0 bridgehead atoms. The minimum absolute atomic E-state index is 0.0386. The number of rotatable bonds is 6. The molecule has 0 aliphatic rings. The molecule has 0 saturated carbocycles. The Morgan fingerprint density at radius 2 is 1.82 bits per heavy atom. The maximum absolute atomic E-state index is 12.9. The SMILES string of the molecule is Cc1cc(NC(=O)/C=C\c2ccc([N+](=O)[O-])cc2)n(-c2nc3c(cnn3-c3ccc(C)c(C)c3)c(=O)[nH]2)n1. The van der Waals surface area contributed by atoms with E-state index in [1.807, 2.05) is 32.0 Å². The molecule has 12 nitrogen and oxygen atoms in total. The van der Waals surface area contributed by atoms with Crippen LogP contribution in [0.15, 0.2) is 65.6 Å². The number of nitro benzene ring substituents is 1. The van der Waals surface area contributed by atoms with Gasteiger partial charge in [0.25, 0.3) is 11.2 Å². The zero-order valence-electron chi connectivity index (χ0n) is 20.7. The van der Waals surface area contributed by atoms with Crippen LogP contribution in [0.3, 0.4) is 0 Å². The first-order chi connectivity index (χ1) is 18.2. The van der Waals surface area contributed by atoms with Crippen molar-refractivity contribution in [3.05, 3.63) is 104 Å². The lowest BCUT2D eigenvalue weighted by Gasteiger charge is -2.09. The lowest BCUT2D eigenvalue weighted by atomic mass is 10.1. The number of non-ortho nitro benzene ring substituents is 1. The van der Waals surface area contributed by atoms with Crippen LogP contribution in [-0.4, -0.2) is 40.4 Å². The highest BCUT2D eigenvalue weighted by atomic mass is 16.6. The number of nitrogens with one attached hydrogen (secondary N) is 2. The van der Waals surface area contributed by atoms with Crippen LogP contribution >= 0.6 is 0 Å². The minimum atomic E-state index is -0.492. The van der Waals surface area contributed by atoms with Crippen LogP contribution in [0.25, 0.3) is 28.7 Å². The number of hydrogen-bond donors (Lipinski definition) is 2. The van der Waals surface area contributed by atoms with Crippen molar-refractivity contribution in [1.82, 2.24) is 29.5 Å². The summed E-state index contributed by atoms with van der Waals surface area (Å²) in [7, 11) is 0. The first-order valence-electron chi connectivity index (χ1n) is 11.6. The van der Waals surface area contributed by atoms with E-state index in [9.17, 15) is 19.7 Å². The standard InChI is InChI=1S/C26H22N8O4/c1-15-4-8-20(12-16(15)2)32-24-21(14-27-32)25(36)30-26(29-24)33-22(13-17(3)31-33)28-23(35)11-7-18-5-9-19(10-6-18)34(37)38/h4-14H,1-3H3,(H,28,35)(H,29,30,36)/b11-7-. The molecule has 1 amide bonds. The van der Waals surface area contributed by atoms with Crippen LogP contribution in [0.5, 0.6) is 0 Å². The molecule has 5 aromatic rings. The van der Waals surface area contributed by atoms with Crippen molar-refractivity contribution in [3.63, 3.8) is 0 Å². The van der Waals surface area contributed by atoms with E-state index in [2.05, 4.69) is 25.5 Å². The van der Waals surface area contributed by atoms with E-state index in [0.717, 1.165) is 16.8 Å². The van der Waals surface area contributed by atoms with Crippen molar-refractivity contribution in [1.29, 1.82) is 0 Å². The highest BCUT2D eigenvalue weighted by Gasteiger charge is 2.17. The zero-order valence-corrected chi connectivity index (χ0v) is 20.7. The molecule has 0 aliphatic heterocycles. The quantitative estimate of drug-likeness (QED) is 0.200. The Morgan fingerprint density at radius 1 is 1.05 bits per heavy atom. The summed E-state index contributed by atoms with van der Waals surface area (Å²) in [6, 6.07) is 13.3. The van der Waals surface area contributed by atoms with Gasteiger partial charge in [0.15, 0.2) is 5.65 Å². The summed E-state index contributed by atoms with van der Waals surface area (Å²) in [5.74, 6) is -0.0653. The molecular weight excluding hydrogens is 488 g/mol. The Hall–Kier alpha value is -5.39. The Morgan fingerprint density at radius 3 is 2.53 bits per heavy atom. The molecule has 190 valence electrons. The lowest BCUT2D eigenvalue weighted by molar-refractivity contribution is -0.384. The molecule has 0 aliphatic carbocycles. The number of hydrogen-bond acceptors (Lipinski definition) is 7. The van der Waals surface area contributed by atoms with E-state index < -0.39 is 16.4 Å². The molecule has 3 aromatic heterocycles. The van der Waals surface area contributed by atoms with Gasteiger partial charge in [0, 0.05) is 24.3 Å². The largest absolute Gasteiger partial charge is 0.307 e. The smallest absolute Gasteiger partial charge is 0.269 e. The molecule has 2 aromatic carbocycles. The van der Waals surface area contributed by atoms with E-state index in [1.54, 1.807) is 29.8 Å². The molecule has 12 heteroatoms.